The summed E-state index contributed by atoms with van der Waals surface area (Å²) in [5.41, 5.74) is 0.380. The molecule has 0 radical (unpaired) electrons. The topological polar surface area (TPSA) is 68.3 Å². The minimum atomic E-state index is -3.71. The third kappa shape index (κ3) is 3.62. The third-order valence-corrected chi connectivity index (χ3v) is 5.16. The predicted molar refractivity (Wildman–Crippen MR) is 80.1 cm³/mol. The summed E-state index contributed by atoms with van der Waals surface area (Å²) in [5.74, 6) is 0.474. The molecule has 0 aliphatic carbocycles. The second-order valence-corrected chi connectivity index (χ2v) is 7.72. The molecule has 0 atom stereocenters. The van der Waals surface area contributed by atoms with Gasteiger partial charge in [0.25, 0.3) is 10.0 Å². The number of anilines is 1. The summed E-state index contributed by atoms with van der Waals surface area (Å²) in [5, 5.41) is 0. The highest BCUT2D eigenvalue weighted by Crippen LogP contribution is 2.29. The molecule has 0 aliphatic rings. The maximum absolute atomic E-state index is 12.2. The zero-order valence-corrected chi connectivity index (χ0v) is 13.2. The van der Waals surface area contributed by atoms with Gasteiger partial charge < -0.3 is 4.74 Å². The van der Waals surface area contributed by atoms with E-state index in [1.165, 1.54) is 6.20 Å². The molecular weight excluding hydrogens is 320 g/mol. The maximum atomic E-state index is 12.2. The molecule has 0 saturated carbocycles. The van der Waals surface area contributed by atoms with Crippen molar-refractivity contribution in [2.24, 2.45) is 0 Å². The Labute approximate surface area is 126 Å². The first-order valence-corrected chi connectivity index (χ1v) is 8.46. The van der Waals surface area contributed by atoms with E-state index in [0.29, 0.717) is 11.4 Å². The number of rotatable bonds is 5. The van der Waals surface area contributed by atoms with Crippen LogP contribution < -0.4 is 9.46 Å². The lowest BCUT2D eigenvalue weighted by Gasteiger charge is -2.14. The number of ether oxygens (including phenoxy) is 1. The summed E-state index contributed by atoms with van der Waals surface area (Å²) < 4.78 is 32.7. The zero-order valence-electron chi connectivity index (χ0n) is 10.8. The van der Waals surface area contributed by atoms with Crippen molar-refractivity contribution in [3.05, 3.63) is 34.9 Å². The molecule has 1 aromatic carbocycles. The summed E-state index contributed by atoms with van der Waals surface area (Å²) in [7, 11) is -3.71. The van der Waals surface area contributed by atoms with E-state index in [-0.39, 0.29) is 14.8 Å². The molecule has 0 bridgehead atoms. The number of sulfonamides is 1. The van der Waals surface area contributed by atoms with Gasteiger partial charge in [0, 0.05) is 0 Å². The Morgan fingerprint density at radius 2 is 2.05 bits per heavy atom. The number of hydrogen-bond donors (Lipinski definition) is 1. The quantitative estimate of drug-likeness (QED) is 0.911. The normalized spacial score (nSPS) is 11.6. The summed E-state index contributed by atoms with van der Waals surface area (Å²) in [6.07, 6.45) is 1.17. The fourth-order valence-electron chi connectivity index (χ4n) is 1.47. The second-order valence-electron chi connectivity index (χ2n) is 4.20. The van der Waals surface area contributed by atoms with Gasteiger partial charge in [-0.25, -0.2) is 13.4 Å². The highest BCUT2D eigenvalue weighted by Gasteiger charge is 2.19. The molecule has 0 amide bonds. The fourth-order valence-corrected chi connectivity index (χ4v) is 3.83. The number of hydrogen-bond acceptors (Lipinski definition) is 5. The first-order valence-electron chi connectivity index (χ1n) is 5.78. The molecule has 1 heterocycles. The van der Waals surface area contributed by atoms with Gasteiger partial charge in [-0.3, -0.25) is 4.72 Å². The van der Waals surface area contributed by atoms with Crippen LogP contribution in [0.25, 0.3) is 0 Å². The van der Waals surface area contributed by atoms with Crippen molar-refractivity contribution in [3.63, 3.8) is 0 Å². The van der Waals surface area contributed by atoms with E-state index < -0.39 is 10.0 Å². The standard InChI is InChI=1S/C12H13ClN2O3S2/c1-8(2)18-10-6-4-3-5-9(10)15-20(16,17)11-7-14-12(13)19-11/h3-8,15H,1-2H3. The Balaban J connectivity index is 2.30. The number of halogens is 1. The summed E-state index contributed by atoms with van der Waals surface area (Å²) in [4.78, 5) is 3.73. The number of nitrogens with zero attached hydrogens (tertiary/aromatic N) is 1. The molecule has 1 aromatic heterocycles. The Bertz CT molecular complexity index is 698. The molecule has 0 fully saturated rings. The lowest BCUT2D eigenvalue weighted by molar-refractivity contribution is 0.244. The summed E-state index contributed by atoms with van der Waals surface area (Å²) in [6, 6.07) is 6.85. The summed E-state index contributed by atoms with van der Waals surface area (Å²) in [6.45, 7) is 3.74. The van der Waals surface area contributed by atoms with Crippen molar-refractivity contribution in [1.29, 1.82) is 0 Å². The van der Waals surface area contributed by atoms with Crippen molar-refractivity contribution < 1.29 is 13.2 Å². The second kappa shape index (κ2) is 5.99. The van der Waals surface area contributed by atoms with Crippen LogP contribution in [0, 0.1) is 0 Å². The van der Waals surface area contributed by atoms with Crippen molar-refractivity contribution >= 4 is 38.6 Å². The Hall–Kier alpha value is -1.31. The third-order valence-electron chi connectivity index (χ3n) is 2.22. The number of para-hydroxylation sites is 2. The summed E-state index contributed by atoms with van der Waals surface area (Å²) >= 11 is 6.56. The van der Waals surface area contributed by atoms with Crippen molar-refractivity contribution in [1.82, 2.24) is 4.98 Å². The van der Waals surface area contributed by atoms with Crippen molar-refractivity contribution in [2.75, 3.05) is 4.72 Å². The van der Waals surface area contributed by atoms with Crippen LogP contribution in [0.3, 0.4) is 0 Å². The van der Waals surface area contributed by atoms with Gasteiger partial charge >= 0.3 is 0 Å². The minimum absolute atomic E-state index is 0.0569. The highest BCUT2D eigenvalue weighted by molar-refractivity contribution is 7.94. The fraction of sp³-hybridized carbons (Fsp3) is 0.250. The average Bonchev–Trinajstić information content (AvgIpc) is 2.78. The van der Waals surface area contributed by atoms with E-state index >= 15 is 0 Å². The van der Waals surface area contributed by atoms with Gasteiger partial charge in [0.1, 0.15) is 5.75 Å². The number of nitrogens with one attached hydrogen (secondary N) is 1. The predicted octanol–water partition coefficient (Wildman–Crippen LogP) is 3.38. The van der Waals surface area contributed by atoms with Crippen LogP contribution in [0.15, 0.2) is 34.7 Å². The van der Waals surface area contributed by atoms with Crippen LogP contribution in [0.5, 0.6) is 5.75 Å². The maximum Gasteiger partial charge on any atom is 0.273 e. The van der Waals surface area contributed by atoms with Gasteiger partial charge in [-0.05, 0) is 26.0 Å². The monoisotopic (exact) mass is 332 g/mol. The van der Waals surface area contributed by atoms with Gasteiger partial charge in [-0.15, -0.1) is 0 Å². The lowest BCUT2D eigenvalue weighted by Crippen LogP contribution is -2.14. The molecule has 1 N–H and O–H groups in total. The molecule has 20 heavy (non-hydrogen) atoms. The van der Waals surface area contributed by atoms with E-state index in [0.717, 1.165) is 11.3 Å². The van der Waals surface area contributed by atoms with E-state index in [9.17, 15) is 8.42 Å². The SMILES string of the molecule is CC(C)Oc1ccccc1NS(=O)(=O)c1cnc(Cl)s1. The van der Waals surface area contributed by atoms with Gasteiger partial charge in [0.05, 0.1) is 18.0 Å². The number of thiazole rings is 1. The molecule has 0 aliphatic heterocycles. The first-order chi connectivity index (χ1) is 9.38. The number of benzene rings is 1. The first kappa shape index (κ1) is 15.1. The number of aromatic nitrogens is 1. The van der Waals surface area contributed by atoms with Gasteiger partial charge in [-0.2, -0.15) is 0 Å². The van der Waals surface area contributed by atoms with Crippen molar-refractivity contribution in [3.8, 4) is 5.75 Å². The van der Waals surface area contributed by atoms with Gasteiger partial charge in [0.2, 0.25) is 0 Å². The molecule has 108 valence electrons. The van der Waals surface area contributed by atoms with Crippen LogP contribution >= 0.6 is 22.9 Å². The molecule has 0 saturated heterocycles. The van der Waals surface area contributed by atoms with Crippen LogP contribution in [0.1, 0.15) is 13.8 Å². The van der Waals surface area contributed by atoms with Gasteiger partial charge in [-0.1, -0.05) is 35.1 Å². The van der Waals surface area contributed by atoms with Crippen LogP contribution in [-0.4, -0.2) is 19.5 Å². The highest BCUT2D eigenvalue weighted by atomic mass is 35.5. The molecule has 0 spiro atoms. The molecule has 2 rings (SSSR count). The van der Waals surface area contributed by atoms with E-state index in [4.69, 9.17) is 16.3 Å². The van der Waals surface area contributed by atoms with Crippen molar-refractivity contribution in [2.45, 2.75) is 24.2 Å². The van der Waals surface area contributed by atoms with Gasteiger partial charge in [0.15, 0.2) is 8.68 Å². The Morgan fingerprint density at radius 1 is 1.35 bits per heavy atom. The Morgan fingerprint density at radius 3 is 2.65 bits per heavy atom. The average molecular weight is 333 g/mol. The van der Waals surface area contributed by atoms with Crippen LogP contribution in [0.4, 0.5) is 5.69 Å². The molecular formula is C12H13ClN2O3S2. The minimum Gasteiger partial charge on any atom is -0.489 e. The largest absolute Gasteiger partial charge is 0.489 e. The Kier molecular flexibility index (Phi) is 4.52. The van der Waals surface area contributed by atoms with Crippen LogP contribution in [0.2, 0.25) is 4.47 Å². The molecule has 5 nitrogen and oxygen atoms in total. The van der Waals surface area contributed by atoms with E-state index in [2.05, 4.69) is 9.71 Å². The molecule has 8 heteroatoms. The van der Waals surface area contributed by atoms with E-state index in [1.54, 1.807) is 24.3 Å². The lowest BCUT2D eigenvalue weighted by atomic mass is 10.3. The smallest absolute Gasteiger partial charge is 0.273 e. The van der Waals surface area contributed by atoms with E-state index in [1.807, 2.05) is 13.8 Å². The van der Waals surface area contributed by atoms with Crippen LogP contribution in [-0.2, 0) is 10.0 Å². The molecule has 2 aromatic rings. The zero-order chi connectivity index (χ0) is 14.8. The molecule has 0 unspecified atom stereocenters.